The molecule has 1 atom stereocenters. The first-order valence-corrected chi connectivity index (χ1v) is 11.0. The van der Waals surface area contributed by atoms with Gasteiger partial charge in [0.1, 0.15) is 12.7 Å². The molecule has 0 bridgehead atoms. The minimum Gasteiger partial charge on any atom is -0.493 e. The third-order valence-corrected chi connectivity index (χ3v) is 5.47. The van der Waals surface area contributed by atoms with Gasteiger partial charge in [-0.15, -0.1) is 0 Å². The molecule has 6 nitrogen and oxygen atoms in total. The molecular formula is C24H35N3O3. The summed E-state index contributed by atoms with van der Waals surface area (Å²) >= 11 is 0. The molecule has 2 aromatic rings. The number of ether oxygens (including phenoxy) is 2. The number of hydrogen-bond acceptors (Lipinski definition) is 6. The maximum atomic E-state index is 10.4. The fourth-order valence-corrected chi connectivity index (χ4v) is 3.81. The Morgan fingerprint density at radius 2 is 1.93 bits per heavy atom. The molecule has 0 spiro atoms. The summed E-state index contributed by atoms with van der Waals surface area (Å²) < 4.78 is 11.4. The molecule has 6 heteroatoms. The van der Waals surface area contributed by atoms with Gasteiger partial charge in [-0.3, -0.25) is 4.98 Å². The van der Waals surface area contributed by atoms with Gasteiger partial charge in [0.05, 0.1) is 7.11 Å². The molecule has 1 saturated heterocycles. The van der Waals surface area contributed by atoms with Crippen molar-refractivity contribution in [3.8, 4) is 11.5 Å². The number of aliphatic hydroxyl groups is 1. The molecule has 2 heterocycles. The van der Waals surface area contributed by atoms with Crippen molar-refractivity contribution >= 4 is 0 Å². The van der Waals surface area contributed by atoms with Crippen LogP contribution in [0.25, 0.3) is 0 Å². The molecule has 0 aliphatic carbocycles. The van der Waals surface area contributed by atoms with Gasteiger partial charge in [-0.25, -0.2) is 0 Å². The zero-order chi connectivity index (χ0) is 21.0. The highest BCUT2D eigenvalue weighted by atomic mass is 16.5. The molecule has 30 heavy (non-hydrogen) atoms. The van der Waals surface area contributed by atoms with Gasteiger partial charge in [-0.2, -0.15) is 0 Å². The van der Waals surface area contributed by atoms with E-state index in [9.17, 15) is 5.11 Å². The van der Waals surface area contributed by atoms with E-state index >= 15 is 0 Å². The van der Waals surface area contributed by atoms with Crippen LogP contribution in [0.15, 0.2) is 42.7 Å². The highest BCUT2D eigenvalue weighted by molar-refractivity contribution is 5.43. The summed E-state index contributed by atoms with van der Waals surface area (Å²) in [6.45, 7) is 4.73. The van der Waals surface area contributed by atoms with Crippen LogP contribution in [0.5, 0.6) is 11.5 Å². The van der Waals surface area contributed by atoms with Gasteiger partial charge in [0.15, 0.2) is 11.5 Å². The van der Waals surface area contributed by atoms with E-state index in [4.69, 9.17) is 9.47 Å². The Labute approximate surface area is 180 Å². The Kier molecular flexibility index (Phi) is 9.41. The second-order valence-corrected chi connectivity index (χ2v) is 7.95. The molecule has 0 saturated carbocycles. The topological polar surface area (TPSA) is 66.8 Å². The lowest BCUT2D eigenvalue weighted by atomic mass is 10.2. The van der Waals surface area contributed by atoms with Crippen molar-refractivity contribution < 1.29 is 14.6 Å². The number of β-amino-alcohol motifs (C(OH)–C–C–N with tert-alkyl or cyclic N) is 1. The van der Waals surface area contributed by atoms with E-state index in [0.717, 1.165) is 38.2 Å². The SMILES string of the molecule is COc1cc(CNCCc2cccnc2)ccc1OC[C@H](O)CN1CCCCCC1. The van der Waals surface area contributed by atoms with E-state index in [2.05, 4.69) is 21.3 Å². The fourth-order valence-electron chi connectivity index (χ4n) is 3.81. The monoisotopic (exact) mass is 413 g/mol. The molecule has 1 aromatic carbocycles. The summed E-state index contributed by atoms with van der Waals surface area (Å²) in [5.74, 6) is 1.37. The number of likely N-dealkylation sites (tertiary alicyclic amines) is 1. The van der Waals surface area contributed by atoms with Crippen molar-refractivity contribution in [2.24, 2.45) is 0 Å². The zero-order valence-electron chi connectivity index (χ0n) is 18.1. The fraction of sp³-hybridized carbons (Fsp3) is 0.542. The number of pyridine rings is 1. The Hall–Kier alpha value is -2.15. The number of methoxy groups -OCH3 is 1. The average molecular weight is 414 g/mol. The molecule has 164 valence electrons. The summed E-state index contributed by atoms with van der Waals surface area (Å²) in [5.41, 5.74) is 2.36. The van der Waals surface area contributed by atoms with E-state index in [1.807, 2.05) is 30.5 Å². The molecule has 0 unspecified atom stereocenters. The van der Waals surface area contributed by atoms with Crippen LogP contribution in [-0.2, 0) is 13.0 Å². The molecule has 1 aromatic heterocycles. The van der Waals surface area contributed by atoms with Crippen LogP contribution in [0.2, 0.25) is 0 Å². The van der Waals surface area contributed by atoms with E-state index < -0.39 is 6.10 Å². The van der Waals surface area contributed by atoms with Crippen LogP contribution in [-0.4, -0.2) is 61.0 Å². The lowest BCUT2D eigenvalue weighted by Crippen LogP contribution is -2.36. The zero-order valence-corrected chi connectivity index (χ0v) is 18.1. The summed E-state index contributed by atoms with van der Waals surface area (Å²) in [6, 6.07) is 10.0. The summed E-state index contributed by atoms with van der Waals surface area (Å²) in [7, 11) is 1.65. The molecular weight excluding hydrogens is 378 g/mol. The van der Waals surface area contributed by atoms with Crippen molar-refractivity contribution in [1.82, 2.24) is 15.2 Å². The smallest absolute Gasteiger partial charge is 0.161 e. The Bertz CT molecular complexity index is 734. The maximum absolute atomic E-state index is 10.4. The van der Waals surface area contributed by atoms with Crippen LogP contribution in [0, 0.1) is 0 Å². The van der Waals surface area contributed by atoms with Crippen LogP contribution < -0.4 is 14.8 Å². The van der Waals surface area contributed by atoms with Crippen molar-refractivity contribution in [2.45, 2.75) is 44.8 Å². The third-order valence-electron chi connectivity index (χ3n) is 5.47. The molecule has 0 radical (unpaired) electrons. The normalized spacial score (nSPS) is 16.1. The Morgan fingerprint density at radius 1 is 1.10 bits per heavy atom. The number of benzene rings is 1. The Balaban J connectivity index is 1.42. The molecule has 1 fully saturated rings. The molecule has 3 rings (SSSR count). The second-order valence-electron chi connectivity index (χ2n) is 7.95. The largest absolute Gasteiger partial charge is 0.493 e. The van der Waals surface area contributed by atoms with Crippen molar-refractivity contribution in [3.05, 3.63) is 53.9 Å². The summed E-state index contributed by atoms with van der Waals surface area (Å²) in [5, 5.41) is 13.8. The minimum absolute atomic E-state index is 0.273. The van der Waals surface area contributed by atoms with E-state index in [1.54, 1.807) is 13.3 Å². The van der Waals surface area contributed by atoms with Gasteiger partial charge in [0, 0.05) is 25.5 Å². The van der Waals surface area contributed by atoms with Crippen LogP contribution in [0.4, 0.5) is 0 Å². The van der Waals surface area contributed by atoms with Gasteiger partial charge < -0.3 is 24.8 Å². The Morgan fingerprint density at radius 3 is 2.67 bits per heavy atom. The van der Waals surface area contributed by atoms with E-state index in [0.29, 0.717) is 18.0 Å². The molecule has 1 aliphatic rings. The molecule has 0 amide bonds. The highest BCUT2D eigenvalue weighted by Crippen LogP contribution is 2.28. The number of nitrogens with zero attached hydrogens (tertiary/aromatic N) is 2. The minimum atomic E-state index is -0.498. The summed E-state index contributed by atoms with van der Waals surface area (Å²) in [4.78, 5) is 6.49. The van der Waals surface area contributed by atoms with Crippen LogP contribution in [0.1, 0.15) is 36.8 Å². The quantitative estimate of drug-likeness (QED) is 0.552. The number of rotatable bonds is 11. The van der Waals surface area contributed by atoms with Gasteiger partial charge in [0.25, 0.3) is 0 Å². The third kappa shape index (κ3) is 7.59. The number of aromatic nitrogens is 1. The molecule has 2 N–H and O–H groups in total. The van der Waals surface area contributed by atoms with E-state index in [-0.39, 0.29) is 6.61 Å². The predicted molar refractivity (Wildman–Crippen MR) is 119 cm³/mol. The van der Waals surface area contributed by atoms with E-state index in [1.165, 1.54) is 31.2 Å². The first-order valence-electron chi connectivity index (χ1n) is 11.0. The van der Waals surface area contributed by atoms with Gasteiger partial charge >= 0.3 is 0 Å². The van der Waals surface area contributed by atoms with Gasteiger partial charge in [-0.05, 0) is 68.2 Å². The lowest BCUT2D eigenvalue weighted by molar-refractivity contribution is 0.0683. The average Bonchev–Trinajstić information content (AvgIpc) is 3.05. The van der Waals surface area contributed by atoms with Crippen LogP contribution in [0.3, 0.4) is 0 Å². The van der Waals surface area contributed by atoms with Crippen molar-refractivity contribution in [2.75, 3.05) is 39.9 Å². The number of aliphatic hydroxyl groups excluding tert-OH is 1. The van der Waals surface area contributed by atoms with Crippen LogP contribution >= 0.6 is 0 Å². The summed E-state index contributed by atoms with van der Waals surface area (Å²) in [6.07, 6.45) is 9.18. The van der Waals surface area contributed by atoms with Gasteiger partial charge in [0.2, 0.25) is 0 Å². The second kappa shape index (κ2) is 12.5. The maximum Gasteiger partial charge on any atom is 0.161 e. The number of hydrogen-bond donors (Lipinski definition) is 2. The first kappa shape index (κ1) is 22.5. The van der Waals surface area contributed by atoms with Crippen molar-refractivity contribution in [3.63, 3.8) is 0 Å². The first-order chi connectivity index (χ1) is 14.7. The number of nitrogens with one attached hydrogen (secondary N) is 1. The van der Waals surface area contributed by atoms with Gasteiger partial charge in [-0.1, -0.05) is 25.0 Å². The predicted octanol–water partition coefficient (Wildman–Crippen LogP) is 3.04. The lowest BCUT2D eigenvalue weighted by Gasteiger charge is -2.23. The highest BCUT2D eigenvalue weighted by Gasteiger charge is 2.15. The molecule has 1 aliphatic heterocycles. The van der Waals surface area contributed by atoms with Crippen molar-refractivity contribution in [1.29, 1.82) is 0 Å². The standard InChI is InChI=1S/C24H35N3O3/c1-29-24-15-21(17-26-12-10-20-7-6-11-25-16-20)8-9-23(24)30-19-22(28)18-27-13-4-2-3-5-14-27/h6-9,11,15-16,22,26,28H,2-5,10,12-14,17-19H2,1H3/t22-/m1/s1.